The summed E-state index contributed by atoms with van der Waals surface area (Å²) in [6, 6.07) is 4.34. The third kappa shape index (κ3) is 6.14. The van der Waals surface area contributed by atoms with E-state index in [9.17, 15) is 13.2 Å². The molecule has 0 heterocycles. The fraction of sp³-hybridized carbons (Fsp3) is 0.238. The zero-order valence-electron chi connectivity index (χ0n) is 15.1. The van der Waals surface area contributed by atoms with Crippen LogP contribution in [0.3, 0.4) is 0 Å². The van der Waals surface area contributed by atoms with E-state index in [4.69, 9.17) is 0 Å². The molecular formula is C21H24F3N. The van der Waals surface area contributed by atoms with E-state index in [1.807, 2.05) is 13.8 Å². The van der Waals surface area contributed by atoms with Gasteiger partial charge in [-0.15, -0.1) is 0 Å². The maximum Gasteiger partial charge on any atom is 0.417 e. The minimum Gasteiger partial charge on any atom is -0.362 e. The number of allylic oxidation sites excluding steroid dienone is 5. The Balaban J connectivity index is 3.22. The molecular weight excluding hydrogens is 323 g/mol. The molecule has 0 atom stereocenters. The molecule has 0 aliphatic carbocycles. The summed E-state index contributed by atoms with van der Waals surface area (Å²) >= 11 is 0. The molecule has 0 radical (unpaired) electrons. The molecule has 1 rings (SSSR count). The van der Waals surface area contributed by atoms with Gasteiger partial charge in [0.25, 0.3) is 0 Å². The summed E-state index contributed by atoms with van der Waals surface area (Å²) in [5.74, 6) is 0. The average molecular weight is 347 g/mol. The number of alkyl halides is 3. The van der Waals surface area contributed by atoms with Crippen molar-refractivity contribution in [2.24, 2.45) is 0 Å². The second kappa shape index (κ2) is 8.56. The summed E-state index contributed by atoms with van der Waals surface area (Å²) in [5.41, 5.74) is 3.03. The van der Waals surface area contributed by atoms with Crippen molar-refractivity contribution in [2.75, 3.05) is 0 Å². The Hall–Kier alpha value is -2.49. The Morgan fingerprint density at radius 1 is 1.12 bits per heavy atom. The number of rotatable bonds is 6. The van der Waals surface area contributed by atoms with Crippen LogP contribution in [0.5, 0.6) is 0 Å². The summed E-state index contributed by atoms with van der Waals surface area (Å²) < 4.78 is 39.8. The van der Waals surface area contributed by atoms with Crippen molar-refractivity contribution in [3.63, 3.8) is 0 Å². The number of benzene rings is 1. The van der Waals surface area contributed by atoms with E-state index in [1.54, 1.807) is 44.3 Å². The maximum atomic E-state index is 13.3. The highest BCUT2D eigenvalue weighted by Crippen LogP contribution is 2.35. The van der Waals surface area contributed by atoms with Gasteiger partial charge in [-0.2, -0.15) is 13.2 Å². The highest BCUT2D eigenvalue weighted by Gasteiger charge is 2.33. The van der Waals surface area contributed by atoms with E-state index in [2.05, 4.69) is 18.5 Å². The van der Waals surface area contributed by atoms with E-state index >= 15 is 0 Å². The van der Waals surface area contributed by atoms with Gasteiger partial charge in [-0.1, -0.05) is 54.7 Å². The number of hydrogen-bond acceptors (Lipinski definition) is 1. The standard InChI is InChI=1S/C21H24F3N/c1-7-18(17(6)25-13-14(2)3)10-9-16(5)19-11-8-15(4)12-20(19)21(22,23)24/h7-13,25H,1,6H2,2-5H3/b16-9+,18-10+. The minimum atomic E-state index is -4.39. The maximum absolute atomic E-state index is 13.3. The Bertz CT molecular complexity index is 743. The fourth-order valence-electron chi connectivity index (χ4n) is 2.15. The second-order valence-electron chi connectivity index (χ2n) is 6.07. The van der Waals surface area contributed by atoms with Crippen LogP contribution < -0.4 is 5.32 Å². The quantitative estimate of drug-likeness (QED) is 0.575. The molecule has 0 amide bonds. The molecule has 134 valence electrons. The average Bonchev–Trinajstić information content (AvgIpc) is 2.52. The lowest BCUT2D eigenvalue weighted by atomic mass is 9.97. The summed E-state index contributed by atoms with van der Waals surface area (Å²) in [7, 11) is 0. The number of halogens is 3. The summed E-state index contributed by atoms with van der Waals surface area (Å²) in [6.07, 6.45) is 2.37. The Morgan fingerprint density at radius 2 is 1.76 bits per heavy atom. The highest BCUT2D eigenvalue weighted by atomic mass is 19.4. The molecule has 0 unspecified atom stereocenters. The van der Waals surface area contributed by atoms with Crippen LogP contribution in [0.4, 0.5) is 13.2 Å². The molecule has 0 aromatic heterocycles. The SMILES string of the molecule is C=C/C(=C\C=C(/C)c1ccc(C)cc1C(F)(F)F)C(=C)NC=C(C)C. The van der Waals surface area contributed by atoms with E-state index in [-0.39, 0.29) is 5.56 Å². The first kappa shape index (κ1) is 20.6. The molecule has 1 nitrogen and oxygen atoms in total. The molecule has 0 saturated heterocycles. The van der Waals surface area contributed by atoms with Gasteiger partial charge in [-0.25, -0.2) is 0 Å². The molecule has 0 fully saturated rings. The number of aryl methyl sites for hydroxylation is 1. The van der Waals surface area contributed by atoms with Crippen molar-refractivity contribution in [1.82, 2.24) is 5.32 Å². The number of hydrogen-bond donors (Lipinski definition) is 1. The van der Waals surface area contributed by atoms with E-state index in [1.165, 1.54) is 12.1 Å². The fourth-order valence-corrected chi connectivity index (χ4v) is 2.15. The van der Waals surface area contributed by atoms with Gasteiger partial charge in [0.1, 0.15) is 0 Å². The van der Waals surface area contributed by atoms with Crippen LogP contribution in [-0.4, -0.2) is 0 Å². The van der Waals surface area contributed by atoms with Crippen molar-refractivity contribution in [3.05, 3.63) is 89.3 Å². The van der Waals surface area contributed by atoms with E-state index in [0.717, 1.165) is 5.57 Å². The lowest BCUT2D eigenvalue weighted by molar-refractivity contribution is -0.137. The summed E-state index contributed by atoms with van der Waals surface area (Å²) in [5, 5.41) is 3.03. The van der Waals surface area contributed by atoms with Crippen molar-refractivity contribution >= 4 is 5.57 Å². The molecule has 1 aromatic carbocycles. The summed E-state index contributed by atoms with van der Waals surface area (Å²) in [6.45, 7) is 14.8. The van der Waals surface area contributed by atoms with Gasteiger partial charge in [-0.05, 0) is 56.7 Å². The normalized spacial score (nSPS) is 12.6. The highest BCUT2D eigenvalue weighted by molar-refractivity contribution is 5.69. The Labute approximate surface area is 148 Å². The minimum absolute atomic E-state index is 0.167. The van der Waals surface area contributed by atoms with Gasteiger partial charge in [-0.3, -0.25) is 0 Å². The molecule has 1 N–H and O–H groups in total. The molecule has 25 heavy (non-hydrogen) atoms. The van der Waals surface area contributed by atoms with Crippen LogP contribution in [-0.2, 0) is 6.18 Å². The Kier molecular flexibility index (Phi) is 7.04. The largest absolute Gasteiger partial charge is 0.417 e. The smallest absolute Gasteiger partial charge is 0.362 e. The zero-order valence-corrected chi connectivity index (χ0v) is 15.1. The molecule has 4 heteroatoms. The van der Waals surface area contributed by atoms with Crippen LogP contribution in [0, 0.1) is 6.92 Å². The molecule has 1 aromatic rings. The van der Waals surface area contributed by atoms with E-state index < -0.39 is 11.7 Å². The van der Waals surface area contributed by atoms with E-state index in [0.29, 0.717) is 22.4 Å². The molecule has 0 saturated carbocycles. The van der Waals surface area contributed by atoms with Crippen LogP contribution in [0.25, 0.3) is 5.57 Å². The van der Waals surface area contributed by atoms with Gasteiger partial charge < -0.3 is 5.32 Å². The lowest BCUT2D eigenvalue weighted by Gasteiger charge is -2.14. The first-order valence-corrected chi connectivity index (χ1v) is 7.84. The predicted molar refractivity (Wildman–Crippen MR) is 99.8 cm³/mol. The first-order valence-electron chi connectivity index (χ1n) is 7.84. The lowest BCUT2D eigenvalue weighted by Crippen LogP contribution is -2.09. The van der Waals surface area contributed by atoms with Crippen molar-refractivity contribution in [2.45, 2.75) is 33.9 Å². The first-order chi connectivity index (χ1) is 11.6. The van der Waals surface area contributed by atoms with Crippen molar-refractivity contribution in [3.8, 4) is 0 Å². The molecule has 0 bridgehead atoms. The van der Waals surface area contributed by atoms with Gasteiger partial charge in [0.05, 0.1) is 5.56 Å². The zero-order chi connectivity index (χ0) is 19.2. The van der Waals surface area contributed by atoms with Crippen LogP contribution >= 0.6 is 0 Å². The topological polar surface area (TPSA) is 12.0 Å². The molecule has 0 aliphatic heterocycles. The van der Waals surface area contributed by atoms with Gasteiger partial charge in [0.15, 0.2) is 0 Å². The van der Waals surface area contributed by atoms with Crippen LogP contribution in [0.15, 0.2) is 72.6 Å². The Morgan fingerprint density at radius 3 is 2.28 bits per heavy atom. The van der Waals surface area contributed by atoms with Crippen LogP contribution in [0.1, 0.15) is 37.5 Å². The monoisotopic (exact) mass is 347 g/mol. The van der Waals surface area contributed by atoms with Crippen molar-refractivity contribution in [1.29, 1.82) is 0 Å². The molecule has 0 spiro atoms. The number of nitrogens with one attached hydrogen (secondary N) is 1. The third-order valence-electron chi connectivity index (χ3n) is 3.52. The van der Waals surface area contributed by atoms with Gasteiger partial charge in [0, 0.05) is 5.70 Å². The summed E-state index contributed by atoms with van der Waals surface area (Å²) in [4.78, 5) is 0. The van der Waals surface area contributed by atoms with Crippen LogP contribution in [0.2, 0.25) is 0 Å². The second-order valence-corrected chi connectivity index (χ2v) is 6.07. The van der Waals surface area contributed by atoms with Gasteiger partial charge in [0.2, 0.25) is 0 Å². The predicted octanol–water partition coefficient (Wildman–Crippen LogP) is 6.56. The van der Waals surface area contributed by atoms with Gasteiger partial charge >= 0.3 is 6.18 Å². The van der Waals surface area contributed by atoms with Crippen molar-refractivity contribution < 1.29 is 13.2 Å². The third-order valence-corrected chi connectivity index (χ3v) is 3.52. The molecule has 0 aliphatic rings.